The molecule has 1 heterocycles. The highest BCUT2D eigenvalue weighted by atomic mass is 17.3. The Labute approximate surface area is 218 Å². The molecule has 4 bridgehead atoms. The minimum Gasteiger partial charge on any atom is -0.444 e. The number of esters is 1. The normalized spacial score (nSPS) is 40.2. The van der Waals surface area contributed by atoms with E-state index in [0.717, 1.165) is 57.8 Å². The Morgan fingerprint density at radius 2 is 1.70 bits per heavy atom. The molecule has 7 rings (SSSR count). The molecule has 1 aromatic carbocycles. The molecular formula is C29H39NO7. The van der Waals surface area contributed by atoms with Crippen molar-refractivity contribution < 1.29 is 33.6 Å². The van der Waals surface area contributed by atoms with Gasteiger partial charge in [-0.05, 0) is 95.2 Å². The van der Waals surface area contributed by atoms with E-state index in [1.165, 1.54) is 12.5 Å². The van der Waals surface area contributed by atoms with Gasteiger partial charge in [0.2, 0.25) is 11.6 Å². The van der Waals surface area contributed by atoms with Crippen molar-refractivity contribution in [3.05, 3.63) is 29.8 Å². The molecule has 6 fully saturated rings. The van der Waals surface area contributed by atoms with Crippen LogP contribution >= 0.6 is 0 Å². The van der Waals surface area contributed by atoms with Crippen molar-refractivity contribution in [2.24, 2.45) is 17.8 Å². The van der Waals surface area contributed by atoms with Gasteiger partial charge in [-0.2, -0.15) is 9.78 Å². The lowest BCUT2D eigenvalue weighted by Gasteiger charge is -2.62. The van der Waals surface area contributed by atoms with Crippen molar-refractivity contribution in [1.82, 2.24) is 5.32 Å². The second-order valence-corrected chi connectivity index (χ2v) is 13.1. The van der Waals surface area contributed by atoms with Crippen LogP contribution in [0.15, 0.2) is 24.3 Å². The minimum atomic E-state index is -0.751. The number of alkyl carbamates (subject to hydrolysis) is 1. The molecule has 1 aromatic rings. The summed E-state index contributed by atoms with van der Waals surface area (Å²) in [4.78, 5) is 36.4. The first-order valence-electron chi connectivity index (χ1n) is 13.8. The Hall–Kier alpha value is -2.16. The molecule has 0 radical (unpaired) electrons. The fourth-order valence-corrected chi connectivity index (χ4v) is 7.99. The Morgan fingerprint density at radius 3 is 2.35 bits per heavy atom. The maximum absolute atomic E-state index is 12.7. The molecular weight excluding hydrogens is 474 g/mol. The summed E-state index contributed by atoms with van der Waals surface area (Å²) in [7, 11) is 0. The van der Waals surface area contributed by atoms with E-state index >= 15 is 0 Å². The van der Waals surface area contributed by atoms with E-state index in [0.29, 0.717) is 11.7 Å². The molecule has 0 unspecified atom stereocenters. The zero-order chi connectivity index (χ0) is 26.1. The Morgan fingerprint density at radius 1 is 1.00 bits per heavy atom. The summed E-state index contributed by atoms with van der Waals surface area (Å²) in [5, 5.41) is 3.26. The lowest BCUT2D eigenvalue weighted by molar-refractivity contribution is -0.391. The van der Waals surface area contributed by atoms with Crippen molar-refractivity contribution in [3.63, 3.8) is 0 Å². The smallest absolute Gasteiger partial charge is 0.408 e. The summed E-state index contributed by atoms with van der Waals surface area (Å²) < 4.78 is 17.8. The number of carbonyl (C=O) groups is 2. The van der Waals surface area contributed by atoms with Gasteiger partial charge in [-0.25, -0.2) is 4.79 Å². The summed E-state index contributed by atoms with van der Waals surface area (Å²) in [6, 6.07) is 7.76. The van der Waals surface area contributed by atoms with Gasteiger partial charge in [0.25, 0.3) is 0 Å². The highest BCUT2D eigenvalue weighted by molar-refractivity contribution is 5.69. The van der Waals surface area contributed by atoms with Crippen LogP contribution in [0, 0.1) is 17.8 Å². The van der Waals surface area contributed by atoms with Crippen LogP contribution in [0.4, 0.5) is 4.79 Å². The lowest BCUT2D eigenvalue weighted by atomic mass is 9.50. The summed E-state index contributed by atoms with van der Waals surface area (Å²) in [6.07, 6.45) is 7.94. The van der Waals surface area contributed by atoms with Gasteiger partial charge in [0.1, 0.15) is 11.4 Å². The number of hydrogen-bond donors (Lipinski definition) is 1. The van der Waals surface area contributed by atoms with Crippen LogP contribution in [-0.2, 0) is 24.0 Å². The summed E-state index contributed by atoms with van der Waals surface area (Å²) in [5.74, 6) is -0.0749. The van der Waals surface area contributed by atoms with Crippen molar-refractivity contribution in [1.29, 1.82) is 0 Å². The van der Waals surface area contributed by atoms with Gasteiger partial charge in [0.15, 0.2) is 0 Å². The van der Waals surface area contributed by atoms with Crippen LogP contribution in [0.1, 0.15) is 97.0 Å². The van der Waals surface area contributed by atoms with Gasteiger partial charge < -0.3 is 19.5 Å². The summed E-state index contributed by atoms with van der Waals surface area (Å²) >= 11 is 0. The first-order valence-corrected chi connectivity index (χ1v) is 13.8. The van der Waals surface area contributed by atoms with Crippen LogP contribution in [-0.4, -0.2) is 34.8 Å². The number of nitrogens with one attached hydrogen (secondary N) is 1. The third-order valence-electron chi connectivity index (χ3n) is 9.04. The third-order valence-corrected chi connectivity index (χ3v) is 9.04. The average molecular weight is 514 g/mol. The van der Waals surface area contributed by atoms with Gasteiger partial charge in [-0.1, -0.05) is 12.1 Å². The van der Waals surface area contributed by atoms with Gasteiger partial charge in [-0.15, -0.1) is 0 Å². The minimum absolute atomic E-state index is 0.177. The monoisotopic (exact) mass is 513 g/mol. The maximum Gasteiger partial charge on any atom is 0.408 e. The van der Waals surface area contributed by atoms with Gasteiger partial charge in [0.05, 0.1) is 0 Å². The molecule has 8 nitrogen and oxygen atoms in total. The Bertz CT molecular complexity index is 1050. The van der Waals surface area contributed by atoms with E-state index in [-0.39, 0.29) is 35.4 Å². The summed E-state index contributed by atoms with van der Waals surface area (Å²) in [5.41, 5.74) is 0.406. The largest absolute Gasteiger partial charge is 0.444 e. The van der Waals surface area contributed by atoms with Crippen molar-refractivity contribution in [2.45, 2.75) is 114 Å². The number of amides is 1. The van der Waals surface area contributed by atoms with Gasteiger partial charge in [-0.3, -0.25) is 4.79 Å². The lowest BCUT2D eigenvalue weighted by Crippen LogP contribution is -2.69. The molecule has 37 heavy (non-hydrogen) atoms. The van der Waals surface area contributed by atoms with E-state index in [9.17, 15) is 9.59 Å². The van der Waals surface area contributed by atoms with Crippen LogP contribution in [0.25, 0.3) is 0 Å². The van der Waals surface area contributed by atoms with Crippen molar-refractivity contribution >= 4 is 12.1 Å². The van der Waals surface area contributed by atoms with Gasteiger partial charge in [0, 0.05) is 37.1 Å². The first kappa shape index (κ1) is 25.1. The third kappa shape index (κ3) is 4.66. The molecule has 1 aliphatic heterocycles. The van der Waals surface area contributed by atoms with Crippen LogP contribution in [0.3, 0.4) is 0 Å². The van der Waals surface area contributed by atoms with E-state index in [2.05, 4.69) is 5.32 Å². The zero-order valence-electron chi connectivity index (χ0n) is 22.3. The maximum atomic E-state index is 12.7. The van der Waals surface area contributed by atoms with Crippen LogP contribution in [0.5, 0.6) is 5.75 Å². The van der Waals surface area contributed by atoms with Gasteiger partial charge >= 0.3 is 12.1 Å². The second-order valence-electron chi connectivity index (χ2n) is 13.1. The summed E-state index contributed by atoms with van der Waals surface area (Å²) in [6.45, 7) is 7.08. The standard InChI is InChI=1S/C29H39NO7/c1-18(31)33-24-9-7-20(8-10-24)21-6-5-11-28(15-21)35-29(37-36-28)22-12-19-13-23(29)17-27(14-19,16-22)30-25(32)34-26(2,3)4/h7-10,19,21-23H,5-6,11-17H2,1-4H3,(H,30,32)/t19-,21-,22-,23+,27-,28-,29+/m1/s1. The number of hydrogen-bond acceptors (Lipinski definition) is 7. The predicted octanol–water partition coefficient (Wildman–Crippen LogP) is 5.74. The SMILES string of the molecule is CC(=O)Oc1ccc([C@@H]2CCC[C@]3(C2)OO[C@@]2(O3)[C@@H]3C[C@@H]4C[C@H]2C[C@@](NC(=O)OC(C)(C)C)(C4)C3)cc1. The highest BCUT2D eigenvalue weighted by Crippen LogP contribution is 2.65. The van der Waals surface area contributed by atoms with E-state index in [1.54, 1.807) is 0 Å². The molecule has 5 aliphatic carbocycles. The molecule has 6 aliphatic rings. The van der Waals surface area contributed by atoms with E-state index in [1.807, 2.05) is 45.0 Å². The average Bonchev–Trinajstić information content (AvgIpc) is 3.15. The molecule has 1 saturated heterocycles. The molecule has 1 amide bonds. The highest BCUT2D eigenvalue weighted by Gasteiger charge is 2.70. The number of rotatable bonds is 3. The Kier molecular flexibility index (Phi) is 5.90. The number of benzene rings is 1. The molecule has 1 N–H and O–H groups in total. The molecule has 8 heteroatoms. The molecule has 2 spiro atoms. The van der Waals surface area contributed by atoms with Crippen molar-refractivity contribution in [3.8, 4) is 5.75 Å². The fraction of sp³-hybridized carbons (Fsp3) is 0.724. The van der Waals surface area contributed by atoms with E-state index in [4.69, 9.17) is 24.0 Å². The first-order chi connectivity index (χ1) is 17.5. The molecule has 5 saturated carbocycles. The topological polar surface area (TPSA) is 92.3 Å². The zero-order valence-corrected chi connectivity index (χ0v) is 22.3. The molecule has 0 aromatic heterocycles. The second kappa shape index (κ2) is 8.68. The molecule has 7 atom stereocenters. The van der Waals surface area contributed by atoms with Crippen molar-refractivity contribution in [2.75, 3.05) is 0 Å². The quantitative estimate of drug-likeness (QED) is 0.313. The van der Waals surface area contributed by atoms with Crippen LogP contribution in [0.2, 0.25) is 0 Å². The number of ether oxygens (including phenoxy) is 3. The van der Waals surface area contributed by atoms with E-state index < -0.39 is 17.2 Å². The molecule has 202 valence electrons. The predicted molar refractivity (Wildman–Crippen MR) is 133 cm³/mol. The fourth-order valence-electron chi connectivity index (χ4n) is 7.99. The Balaban J connectivity index is 1.16. The van der Waals surface area contributed by atoms with Crippen LogP contribution < -0.4 is 10.1 Å². The number of carbonyl (C=O) groups excluding carboxylic acids is 2.